The summed E-state index contributed by atoms with van der Waals surface area (Å²) in [5, 5.41) is 9.83. The number of aliphatic hydroxyl groups is 1. The van der Waals surface area contributed by atoms with Crippen molar-refractivity contribution in [1.29, 1.82) is 0 Å². The fourth-order valence-electron chi connectivity index (χ4n) is 3.63. The molecule has 0 spiro atoms. The van der Waals surface area contributed by atoms with Crippen molar-refractivity contribution in [2.75, 3.05) is 0 Å². The third kappa shape index (κ3) is 0.538. The van der Waals surface area contributed by atoms with Gasteiger partial charge in [0, 0.05) is 5.41 Å². The predicted molar refractivity (Wildman–Crippen MR) is 43.0 cm³/mol. The molecule has 4 atom stereocenters. The minimum absolute atomic E-state index is 0.00926. The predicted octanol–water partition coefficient (Wildman–Crippen LogP) is 1.72. The smallest absolute Gasteiger partial charge is 0.0636 e. The lowest BCUT2D eigenvalue weighted by Gasteiger charge is -2.28. The van der Waals surface area contributed by atoms with Gasteiger partial charge in [-0.3, -0.25) is 0 Å². The Kier molecular flexibility index (Phi) is 0.972. The van der Waals surface area contributed by atoms with Crippen LogP contribution in [0.15, 0.2) is 12.2 Å². The first-order valence-corrected chi connectivity index (χ1v) is 4.69. The summed E-state index contributed by atoms with van der Waals surface area (Å²) < 4.78 is 0. The van der Waals surface area contributed by atoms with Crippen molar-refractivity contribution in [2.45, 2.75) is 31.8 Å². The average Bonchev–Trinajstić information content (AvgIpc) is 2.54. The van der Waals surface area contributed by atoms with Crippen molar-refractivity contribution in [3.8, 4) is 0 Å². The summed E-state index contributed by atoms with van der Waals surface area (Å²) in [6.45, 7) is 0. The molecule has 3 aliphatic carbocycles. The van der Waals surface area contributed by atoms with Gasteiger partial charge in [0.15, 0.2) is 0 Å². The maximum atomic E-state index is 9.83. The summed E-state index contributed by atoms with van der Waals surface area (Å²) in [5.41, 5.74) is 0.255. The second-order valence-electron chi connectivity index (χ2n) is 4.41. The van der Waals surface area contributed by atoms with Crippen LogP contribution in [0.1, 0.15) is 25.7 Å². The third-order valence-corrected chi connectivity index (χ3v) is 4.17. The Bertz CT molecular complexity index is 221. The highest BCUT2D eigenvalue weighted by atomic mass is 16.3. The van der Waals surface area contributed by atoms with Crippen molar-refractivity contribution in [3.63, 3.8) is 0 Å². The molecule has 3 rings (SSSR count). The Morgan fingerprint density at radius 1 is 1.45 bits per heavy atom. The summed E-state index contributed by atoms with van der Waals surface area (Å²) in [7, 11) is 0. The lowest BCUT2D eigenvalue weighted by Crippen LogP contribution is -2.29. The molecule has 2 fully saturated rings. The molecule has 0 radical (unpaired) electrons. The highest BCUT2D eigenvalue weighted by molar-refractivity contribution is 5.22. The molecule has 1 heteroatoms. The van der Waals surface area contributed by atoms with E-state index in [4.69, 9.17) is 0 Å². The topological polar surface area (TPSA) is 20.2 Å². The van der Waals surface area contributed by atoms with Crippen molar-refractivity contribution in [2.24, 2.45) is 17.3 Å². The van der Waals surface area contributed by atoms with E-state index in [2.05, 4.69) is 12.2 Å². The fraction of sp³-hybridized carbons (Fsp3) is 0.800. The van der Waals surface area contributed by atoms with Crippen LogP contribution < -0.4 is 0 Å². The Hall–Kier alpha value is -0.300. The highest BCUT2D eigenvalue weighted by Gasteiger charge is 2.58. The largest absolute Gasteiger partial charge is 0.392 e. The molecule has 2 saturated carbocycles. The number of rotatable bonds is 0. The van der Waals surface area contributed by atoms with Crippen LogP contribution >= 0.6 is 0 Å². The highest BCUT2D eigenvalue weighted by Crippen LogP contribution is 2.62. The van der Waals surface area contributed by atoms with Gasteiger partial charge in [0.05, 0.1) is 6.10 Å². The van der Waals surface area contributed by atoms with Gasteiger partial charge in [-0.15, -0.1) is 0 Å². The van der Waals surface area contributed by atoms with Crippen LogP contribution in [0.25, 0.3) is 0 Å². The lowest BCUT2D eigenvalue weighted by molar-refractivity contribution is 0.0635. The van der Waals surface area contributed by atoms with Crippen LogP contribution in [0.4, 0.5) is 0 Å². The number of allylic oxidation sites excluding steroid dienone is 1. The van der Waals surface area contributed by atoms with Crippen molar-refractivity contribution in [3.05, 3.63) is 12.2 Å². The standard InChI is InChI=1S/C10H14O/c11-9-6-7-3-5-10(9)4-1-2-8(7)10/h1,4,7-9,11H,2-3,5-6H2. The van der Waals surface area contributed by atoms with Gasteiger partial charge in [-0.25, -0.2) is 0 Å². The zero-order valence-electron chi connectivity index (χ0n) is 6.66. The van der Waals surface area contributed by atoms with Crippen LogP contribution in [0.3, 0.4) is 0 Å². The molecule has 1 N–H and O–H groups in total. The van der Waals surface area contributed by atoms with E-state index in [1.165, 1.54) is 19.3 Å². The maximum absolute atomic E-state index is 9.83. The quantitative estimate of drug-likeness (QED) is 0.521. The monoisotopic (exact) mass is 150 g/mol. The van der Waals surface area contributed by atoms with Crippen LogP contribution in [-0.2, 0) is 0 Å². The first kappa shape index (κ1) is 6.24. The summed E-state index contributed by atoms with van der Waals surface area (Å²) in [5.74, 6) is 1.66. The second kappa shape index (κ2) is 1.71. The van der Waals surface area contributed by atoms with Crippen molar-refractivity contribution < 1.29 is 5.11 Å². The van der Waals surface area contributed by atoms with Gasteiger partial charge in [-0.1, -0.05) is 12.2 Å². The second-order valence-corrected chi connectivity index (χ2v) is 4.41. The van der Waals surface area contributed by atoms with E-state index < -0.39 is 0 Å². The SMILES string of the molecule is OC1CC2CCC13C=CCC23. The number of hydrogen-bond acceptors (Lipinski definition) is 1. The van der Waals surface area contributed by atoms with Crippen LogP contribution in [0, 0.1) is 17.3 Å². The van der Waals surface area contributed by atoms with Gasteiger partial charge in [0.25, 0.3) is 0 Å². The Labute approximate surface area is 67.1 Å². The van der Waals surface area contributed by atoms with Gasteiger partial charge in [-0.05, 0) is 37.5 Å². The van der Waals surface area contributed by atoms with E-state index in [-0.39, 0.29) is 11.5 Å². The molecule has 11 heavy (non-hydrogen) atoms. The van der Waals surface area contributed by atoms with Crippen molar-refractivity contribution in [1.82, 2.24) is 0 Å². The third-order valence-electron chi connectivity index (χ3n) is 4.17. The summed E-state index contributed by atoms with van der Waals surface area (Å²) in [6.07, 6.45) is 9.50. The minimum Gasteiger partial charge on any atom is -0.392 e. The van der Waals surface area contributed by atoms with Crippen molar-refractivity contribution >= 4 is 0 Å². The van der Waals surface area contributed by atoms with Gasteiger partial charge >= 0.3 is 0 Å². The van der Waals surface area contributed by atoms with Gasteiger partial charge in [0.1, 0.15) is 0 Å². The van der Waals surface area contributed by atoms with E-state index in [1.807, 2.05) is 0 Å². The Balaban J connectivity index is 2.09. The van der Waals surface area contributed by atoms with Crippen LogP contribution in [-0.4, -0.2) is 11.2 Å². The molecule has 0 saturated heterocycles. The van der Waals surface area contributed by atoms with E-state index in [9.17, 15) is 5.11 Å². The van der Waals surface area contributed by atoms with E-state index in [0.29, 0.717) is 0 Å². The van der Waals surface area contributed by atoms with Gasteiger partial charge in [-0.2, -0.15) is 0 Å². The van der Waals surface area contributed by atoms with E-state index in [1.54, 1.807) is 0 Å². The molecule has 0 aliphatic heterocycles. The molecule has 1 nitrogen and oxygen atoms in total. The molecule has 2 bridgehead atoms. The molecular weight excluding hydrogens is 136 g/mol. The molecule has 0 amide bonds. The fourth-order valence-corrected chi connectivity index (χ4v) is 3.63. The number of hydrogen-bond donors (Lipinski definition) is 1. The van der Waals surface area contributed by atoms with E-state index in [0.717, 1.165) is 18.3 Å². The lowest BCUT2D eigenvalue weighted by atomic mass is 9.80. The zero-order chi connectivity index (χ0) is 7.47. The van der Waals surface area contributed by atoms with Gasteiger partial charge in [0.2, 0.25) is 0 Å². The molecular formula is C10H14O. The van der Waals surface area contributed by atoms with Crippen LogP contribution in [0.2, 0.25) is 0 Å². The molecule has 4 unspecified atom stereocenters. The molecule has 3 aliphatic rings. The Morgan fingerprint density at radius 2 is 2.36 bits per heavy atom. The molecule has 0 aromatic heterocycles. The summed E-state index contributed by atoms with van der Waals surface area (Å²) >= 11 is 0. The minimum atomic E-state index is -0.00926. The maximum Gasteiger partial charge on any atom is 0.0636 e. The zero-order valence-corrected chi connectivity index (χ0v) is 6.66. The normalized spacial score (nSPS) is 58.8. The molecule has 60 valence electrons. The summed E-state index contributed by atoms with van der Waals surface area (Å²) in [4.78, 5) is 0. The first-order chi connectivity index (χ1) is 5.33. The molecule has 0 aromatic rings. The number of aliphatic hydroxyl groups excluding tert-OH is 1. The molecule has 0 aromatic carbocycles. The average molecular weight is 150 g/mol. The first-order valence-electron chi connectivity index (χ1n) is 4.69. The molecule has 0 heterocycles. The van der Waals surface area contributed by atoms with Crippen LogP contribution in [0.5, 0.6) is 0 Å². The Morgan fingerprint density at radius 3 is 3.09 bits per heavy atom. The van der Waals surface area contributed by atoms with E-state index >= 15 is 0 Å². The van der Waals surface area contributed by atoms with Gasteiger partial charge < -0.3 is 5.11 Å². The summed E-state index contributed by atoms with van der Waals surface area (Å²) in [6, 6.07) is 0.